The molecule has 59 nitrogen and oxygen atoms in total. The van der Waals surface area contributed by atoms with Crippen molar-refractivity contribution in [3.8, 4) is 0 Å². The van der Waals surface area contributed by atoms with Crippen LogP contribution in [-0.2, 0) is 123 Å². The number of aliphatic hydroxyl groups excluding tert-OH is 28. The Morgan fingerprint density at radius 2 is 0.467 bits per heavy atom. The summed E-state index contributed by atoms with van der Waals surface area (Å²) >= 11 is 0. The Kier molecular flexibility index (Phi) is 39.5. The fourth-order valence-corrected chi connectivity index (χ4v) is 17.6. The van der Waals surface area contributed by atoms with Gasteiger partial charge in [-0.3, -0.25) is 24.0 Å². The smallest absolute Gasteiger partial charge is 0.217 e. The van der Waals surface area contributed by atoms with Crippen LogP contribution >= 0.6 is 0 Å². The van der Waals surface area contributed by atoms with Crippen LogP contribution in [0.1, 0.15) is 48.5 Å². The molecule has 0 aromatic rings. The highest BCUT2D eigenvalue weighted by Gasteiger charge is 2.64. The standard InChI is InChI=1S/C76H127N5O54/c1-17-38(94)49(105)54(110)71(117-17)115-15-31-59(47(103)33(66(114)119-31)77-19(3)89)128-69-36(80-22(6)92)48(104)58(29(13-87)125-69)129-74-57(113)63(61(130-67-34(78-20(4)90)45(101)40(96)24(8-82)120-67)32(127-74)16-116-75-64(52(108)43(99)27(11-85)123-75)134-68-35(79-21(5)91)46(102)41(97)25(9-83)121-68)133-76-65(53(109)44(100)28(12-86)124-76)135-70-37(81-23(7)93)62(132-72-55(111)50(106)39(95)18(2)118-72)60(30(14-88)126-70)131-73-56(112)51(107)42(98)26(10-84)122-73/h17-18,24-76,82-88,94-114H,8-16H2,1-7H3,(H,77,89)(H,78,90)(H,79,91)(H,80,92)(H,81,93)/t17-,18+,24-,25-,26-,27-,28-,29-,30-,31-,32-,33-,34-,35-,36-,37-,38+,39-,40-,41-,42+,43-,44-,45-,46-,47-,48-,49+,50-,51+,52+,53+,54-,55+,56-,57+,58-,59-,60-,61-,62-,63-,64+,65+,66-,67+,68+,69+,70+,71+,72+,73+,74+,75+,76-/m1/s1. The van der Waals surface area contributed by atoms with E-state index in [1.807, 2.05) is 0 Å². The molecule has 135 heavy (non-hydrogen) atoms. The first-order valence-corrected chi connectivity index (χ1v) is 43.4. The Bertz CT molecular complexity index is 3750. The maximum Gasteiger partial charge on any atom is 0.217 e. The molecule has 0 spiro atoms. The number of carbonyl (C=O) groups excluding carboxylic acids is 5. The quantitative estimate of drug-likeness (QED) is 0.0284. The van der Waals surface area contributed by atoms with Crippen molar-refractivity contribution in [2.45, 2.75) is 386 Å². The van der Waals surface area contributed by atoms with Gasteiger partial charge in [-0.05, 0) is 13.8 Å². The van der Waals surface area contributed by atoms with E-state index in [1.54, 1.807) is 0 Å². The SMILES string of the molecule is CC(=O)N[C@@H]1[C@@H](O)[C@H](O[C@@H]2O[C@H](CO)[C@@H](O[C@@H]3O[C@H](CO[C@H]4O[C@H](CO)[C@@H](O)[C@H](O)[C@@H]4O[C@@H]4O[C@H](CO)[C@@H](O)[C@H](O)[C@H]4NC(C)=O)[C@@H](O[C@@H]4O[C@H](CO)[C@@H](O)[C@H](O)[C@H]4NC(C)=O)[C@H](O[C@H]4O[C@H](CO)[C@@H](O)[C@H](O)[C@@H]4O[C@@H]4O[C@H](CO)[C@@H](O[C@@H]5O[C@H](CO)[C@H](O)[C@H](O)[C@H]5O)[C@H](O[C@@H]5O[C@@H](C)[C@@H](O)[C@@H](O)[C@@H]5O)[C@H]4NC(C)=O)[C@@H]3O)[C@H](O)[C@H]2NC(C)=O)[C@@H](CO[C@H]2O[C@H](C)[C@H](O)[C@H](O)[C@H]2O)O[C@H]1O. The Balaban J connectivity index is 1.04. The molecule has 0 aliphatic carbocycles. The van der Waals surface area contributed by atoms with E-state index in [0.717, 1.165) is 34.6 Å². The fraction of sp³-hybridized carbons (Fsp3) is 0.934. The van der Waals surface area contributed by atoms with E-state index in [2.05, 4.69) is 26.6 Å². The molecule has 5 amide bonds. The van der Waals surface area contributed by atoms with Gasteiger partial charge in [-0.15, -0.1) is 0 Å². The summed E-state index contributed by atoms with van der Waals surface area (Å²) in [6.07, 6.45) is -108. The predicted molar refractivity (Wildman–Crippen MR) is 417 cm³/mol. The van der Waals surface area contributed by atoms with Crippen molar-refractivity contribution in [1.82, 2.24) is 26.6 Å². The molecule has 11 heterocycles. The molecule has 0 saturated carbocycles. The van der Waals surface area contributed by atoms with Crippen molar-refractivity contribution in [3.05, 3.63) is 0 Å². The normalized spacial score (nSPS) is 49.5. The molecule has 0 unspecified atom stereocenters. The summed E-state index contributed by atoms with van der Waals surface area (Å²) in [5, 5.41) is 330. The summed E-state index contributed by atoms with van der Waals surface area (Å²) in [6, 6.07) is -10.0. The van der Waals surface area contributed by atoms with E-state index in [1.165, 1.54) is 13.8 Å². The topological polar surface area (TPSA) is 906 Å². The molecular weight excluding hydrogens is 1850 g/mol. The van der Waals surface area contributed by atoms with E-state index < -0.39 is 426 Å². The second kappa shape index (κ2) is 48.2. The number of hydrogen-bond donors (Lipinski definition) is 33. The van der Waals surface area contributed by atoms with Gasteiger partial charge in [-0.1, -0.05) is 0 Å². The highest BCUT2D eigenvalue weighted by atomic mass is 16.8. The van der Waals surface area contributed by atoms with Crippen molar-refractivity contribution >= 4 is 29.5 Å². The second-order valence-electron chi connectivity index (χ2n) is 34.5. The van der Waals surface area contributed by atoms with Gasteiger partial charge >= 0.3 is 0 Å². The minimum Gasteiger partial charge on any atom is -0.394 e. The molecule has 11 aliphatic heterocycles. The minimum absolute atomic E-state index is 0.873. The third-order valence-electron chi connectivity index (χ3n) is 24.9. The average Bonchev–Trinajstić information content (AvgIpc) is 0.744. The lowest BCUT2D eigenvalue weighted by Gasteiger charge is -2.53. The van der Waals surface area contributed by atoms with Gasteiger partial charge in [0, 0.05) is 34.6 Å². The number of ether oxygens (including phenoxy) is 21. The van der Waals surface area contributed by atoms with E-state index >= 15 is 0 Å². The summed E-state index contributed by atoms with van der Waals surface area (Å²) in [4.78, 5) is 65.9. The Hall–Kier alpha value is -4.61. The third kappa shape index (κ3) is 24.7. The molecule has 11 fully saturated rings. The second-order valence-corrected chi connectivity index (χ2v) is 34.5. The zero-order chi connectivity index (χ0) is 99.4. The number of carbonyl (C=O) groups is 5. The van der Waals surface area contributed by atoms with E-state index in [9.17, 15) is 167 Å². The highest BCUT2D eigenvalue weighted by molar-refractivity contribution is 5.75. The van der Waals surface area contributed by atoms with Crippen molar-refractivity contribution in [2.75, 3.05) is 59.5 Å². The van der Waals surface area contributed by atoms with Crippen LogP contribution < -0.4 is 26.6 Å². The molecule has 33 N–H and O–H groups in total. The van der Waals surface area contributed by atoms with Crippen LogP contribution in [0.25, 0.3) is 0 Å². The van der Waals surface area contributed by atoms with Crippen LogP contribution in [-0.4, -0.2) is 569 Å². The van der Waals surface area contributed by atoms with Gasteiger partial charge in [0.05, 0.1) is 71.7 Å². The molecule has 55 atom stereocenters. The largest absolute Gasteiger partial charge is 0.394 e. The van der Waals surface area contributed by atoms with Crippen molar-refractivity contribution < 1.29 is 266 Å². The molecule has 0 bridgehead atoms. The van der Waals surface area contributed by atoms with Crippen LogP contribution in [0.15, 0.2) is 0 Å². The van der Waals surface area contributed by atoms with Gasteiger partial charge in [0.1, 0.15) is 256 Å². The lowest BCUT2D eigenvalue weighted by molar-refractivity contribution is -0.411. The number of nitrogens with one attached hydrogen (secondary N) is 5. The van der Waals surface area contributed by atoms with Gasteiger partial charge in [0.25, 0.3) is 0 Å². The molecule has 59 heteroatoms. The number of amides is 5. The van der Waals surface area contributed by atoms with Gasteiger partial charge < -0.3 is 269 Å². The minimum atomic E-state index is -2.84. The highest BCUT2D eigenvalue weighted by Crippen LogP contribution is 2.43. The zero-order valence-corrected chi connectivity index (χ0v) is 73.3. The maximum atomic E-state index is 13.8. The number of hydrogen-bond acceptors (Lipinski definition) is 54. The maximum absolute atomic E-state index is 13.8. The summed E-state index contributed by atoms with van der Waals surface area (Å²) in [5.41, 5.74) is 0. The number of aliphatic hydroxyl groups is 28. The summed E-state index contributed by atoms with van der Waals surface area (Å²) < 4.78 is 129. The van der Waals surface area contributed by atoms with Crippen molar-refractivity contribution in [3.63, 3.8) is 0 Å². The first-order chi connectivity index (χ1) is 63.8. The van der Waals surface area contributed by atoms with Gasteiger partial charge in [0.2, 0.25) is 29.5 Å². The molecule has 11 saturated heterocycles. The fourth-order valence-electron chi connectivity index (χ4n) is 17.6. The first kappa shape index (κ1) is 111. The first-order valence-electron chi connectivity index (χ1n) is 43.4. The Labute approximate surface area is 765 Å². The molecule has 0 aromatic heterocycles. The van der Waals surface area contributed by atoms with Crippen LogP contribution in [0.3, 0.4) is 0 Å². The monoisotopic (exact) mass is 1970 g/mol. The van der Waals surface area contributed by atoms with Crippen LogP contribution in [0.4, 0.5) is 0 Å². The lowest BCUT2D eigenvalue weighted by atomic mass is 9.93. The third-order valence-corrected chi connectivity index (χ3v) is 24.9. The Morgan fingerprint density at radius 3 is 0.926 bits per heavy atom. The van der Waals surface area contributed by atoms with E-state index in [-0.39, 0.29) is 0 Å². The van der Waals surface area contributed by atoms with E-state index in [4.69, 9.17) is 99.5 Å². The molecule has 0 radical (unpaired) electrons. The molecule has 0 aromatic carbocycles. The lowest BCUT2D eigenvalue weighted by Crippen LogP contribution is -2.72. The van der Waals surface area contributed by atoms with Crippen LogP contribution in [0.2, 0.25) is 0 Å². The predicted octanol–water partition coefficient (Wildman–Crippen LogP) is -22.2. The molecule has 780 valence electrons. The van der Waals surface area contributed by atoms with Gasteiger partial charge in [-0.25, -0.2) is 0 Å². The Morgan fingerprint density at radius 1 is 0.207 bits per heavy atom. The van der Waals surface area contributed by atoms with Crippen molar-refractivity contribution in [1.29, 1.82) is 0 Å². The van der Waals surface area contributed by atoms with Gasteiger partial charge in [-0.2, -0.15) is 0 Å². The van der Waals surface area contributed by atoms with E-state index in [0.29, 0.717) is 0 Å². The number of rotatable bonds is 34. The summed E-state index contributed by atoms with van der Waals surface area (Å²) in [6.45, 7) is -3.71. The molecule has 11 aliphatic rings. The summed E-state index contributed by atoms with van der Waals surface area (Å²) in [5.74, 6) is -4.95. The van der Waals surface area contributed by atoms with Crippen LogP contribution in [0, 0.1) is 0 Å². The van der Waals surface area contributed by atoms with Gasteiger partial charge in [0.15, 0.2) is 69.2 Å². The molecule has 11 rings (SSSR count). The van der Waals surface area contributed by atoms with Crippen LogP contribution in [0.5, 0.6) is 0 Å². The zero-order valence-electron chi connectivity index (χ0n) is 73.3. The van der Waals surface area contributed by atoms with Crippen molar-refractivity contribution in [2.24, 2.45) is 0 Å². The average molecular weight is 1970 g/mol. The summed E-state index contributed by atoms with van der Waals surface area (Å²) in [7, 11) is 0. The molecular formula is C76H127N5O54.